The van der Waals surface area contributed by atoms with Gasteiger partial charge in [0.1, 0.15) is 11.3 Å². The number of anilines is 1. The number of carbonyl (C=O) groups is 2. The number of aromatic nitrogens is 1. The van der Waals surface area contributed by atoms with Gasteiger partial charge in [0.15, 0.2) is 10.9 Å². The standard InChI is InChI=1S/C15H23N3O3S/c1-11(19)12-10-22-13(16-12)17-6-5-7-18(9-8-17)14(20)21-15(2,3)4/h10H,5-9H2,1-4H3. The molecule has 1 aliphatic heterocycles. The number of thiazole rings is 1. The van der Waals surface area contributed by atoms with E-state index in [0.717, 1.165) is 18.1 Å². The van der Waals surface area contributed by atoms with E-state index in [2.05, 4.69) is 9.88 Å². The molecule has 1 amide bonds. The van der Waals surface area contributed by atoms with Crippen LogP contribution in [0.25, 0.3) is 0 Å². The minimum absolute atomic E-state index is 0.0206. The number of amides is 1. The van der Waals surface area contributed by atoms with Crippen LogP contribution >= 0.6 is 11.3 Å². The van der Waals surface area contributed by atoms with Gasteiger partial charge < -0.3 is 14.5 Å². The zero-order valence-electron chi connectivity index (χ0n) is 13.6. The molecule has 1 aliphatic rings. The molecule has 1 saturated heterocycles. The van der Waals surface area contributed by atoms with Crippen molar-refractivity contribution in [1.29, 1.82) is 0 Å². The Morgan fingerprint density at radius 2 is 1.95 bits per heavy atom. The van der Waals surface area contributed by atoms with Gasteiger partial charge in [0.25, 0.3) is 0 Å². The van der Waals surface area contributed by atoms with E-state index in [-0.39, 0.29) is 11.9 Å². The van der Waals surface area contributed by atoms with Gasteiger partial charge in [-0.25, -0.2) is 9.78 Å². The minimum Gasteiger partial charge on any atom is -0.444 e. The summed E-state index contributed by atoms with van der Waals surface area (Å²) in [5.41, 5.74) is 0.0302. The maximum Gasteiger partial charge on any atom is 0.410 e. The SMILES string of the molecule is CC(=O)c1csc(N2CCCN(C(=O)OC(C)(C)C)CC2)n1. The summed E-state index contributed by atoms with van der Waals surface area (Å²) in [6.07, 6.45) is 0.590. The van der Waals surface area contributed by atoms with Crippen LogP contribution in [0.15, 0.2) is 5.38 Å². The van der Waals surface area contributed by atoms with Crippen molar-refractivity contribution < 1.29 is 14.3 Å². The first-order chi connectivity index (χ1) is 10.3. The van der Waals surface area contributed by atoms with Gasteiger partial charge in [0.2, 0.25) is 0 Å². The number of ketones is 1. The zero-order valence-corrected chi connectivity index (χ0v) is 14.4. The summed E-state index contributed by atoms with van der Waals surface area (Å²) in [7, 11) is 0. The number of rotatable bonds is 2. The summed E-state index contributed by atoms with van der Waals surface area (Å²) in [5.74, 6) is -0.0206. The molecule has 2 rings (SSSR count). The van der Waals surface area contributed by atoms with E-state index >= 15 is 0 Å². The molecule has 0 unspecified atom stereocenters. The van der Waals surface area contributed by atoms with Crippen LogP contribution in [0.1, 0.15) is 44.6 Å². The van der Waals surface area contributed by atoms with Crippen molar-refractivity contribution >= 4 is 28.3 Å². The fourth-order valence-corrected chi connectivity index (χ4v) is 3.11. The second kappa shape index (κ2) is 6.64. The highest BCUT2D eigenvalue weighted by Crippen LogP contribution is 2.22. The van der Waals surface area contributed by atoms with E-state index in [0.29, 0.717) is 25.3 Å². The lowest BCUT2D eigenvalue weighted by Gasteiger charge is -2.26. The Bertz CT molecular complexity index is 550. The van der Waals surface area contributed by atoms with Gasteiger partial charge >= 0.3 is 6.09 Å². The highest BCUT2D eigenvalue weighted by atomic mass is 32.1. The zero-order chi connectivity index (χ0) is 16.3. The average molecular weight is 325 g/mol. The van der Waals surface area contributed by atoms with E-state index in [9.17, 15) is 9.59 Å². The summed E-state index contributed by atoms with van der Waals surface area (Å²) < 4.78 is 5.42. The average Bonchev–Trinajstić information content (AvgIpc) is 2.75. The summed E-state index contributed by atoms with van der Waals surface area (Å²) in [5, 5.41) is 2.63. The van der Waals surface area contributed by atoms with Gasteiger partial charge in [0.05, 0.1) is 0 Å². The molecular formula is C15H23N3O3S. The molecule has 1 aromatic heterocycles. The molecule has 6 nitrogen and oxygen atoms in total. The number of ether oxygens (including phenoxy) is 1. The minimum atomic E-state index is -0.477. The van der Waals surface area contributed by atoms with Gasteiger partial charge in [0, 0.05) is 38.5 Å². The Kier molecular flexibility index (Phi) is 5.05. The van der Waals surface area contributed by atoms with Crippen LogP contribution in [0.5, 0.6) is 0 Å². The smallest absolute Gasteiger partial charge is 0.410 e. The Balaban J connectivity index is 1.97. The molecule has 22 heavy (non-hydrogen) atoms. The number of Topliss-reactive ketones (excluding diaryl/α,β-unsaturated/α-hetero) is 1. The van der Waals surface area contributed by atoms with Crippen molar-refractivity contribution in [1.82, 2.24) is 9.88 Å². The first kappa shape index (κ1) is 16.7. The van der Waals surface area contributed by atoms with Crippen molar-refractivity contribution in [3.63, 3.8) is 0 Å². The van der Waals surface area contributed by atoms with Gasteiger partial charge in [-0.05, 0) is 27.2 Å². The molecule has 0 radical (unpaired) electrons. The quantitative estimate of drug-likeness (QED) is 0.782. The summed E-state index contributed by atoms with van der Waals surface area (Å²) in [6, 6.07) is 0. The number of carbonyl (C=O) groups excluding carboxylic acids is 2. The van der Waals surface area contributed by atoms with E-state index in [1.807, 2.05) is 20.8 Å². The molecule has 1 aromatic rings. The maximum absolute atomic E-state index is 12.1. The Labute approximate surface area is 135 Å². The predicted octanol–water partition coefficient (Wildman–Crippen LogP) is 2.79. The number of hydrogen-bond acceptors (Lipinski definition) is 6. The molecular weight excluding hydrogens is 302 g/mol. The molecule has 0 spiro atoms. The fourth-order valence-electron chi connectivity index (χ4n) is 2.19. The van der Waals surface area contributed by atoms with Crippen molar-refractivity contribution in [3.05, 3.63) is 11.1 Å². The highest BCUT2D eigenvalue weighted by Gasteiger charge is 2.25. The molecule has 0 aromatic carbocycles. The van der Waals surface area contributed by atoms with E-state index in [1.165, 1.54) is 18.3 Å². The number of hydrogen-bond donors (Lipinski definition) is 0. The van der Waals surface area contributed by atoms with E-state index in [4.69, 9.17) is 4.74 Å². The highest BCUT2D eigenvalue weighted by molar-refractivity contribution is 7.13. The molecule has 0 bridgehead atoms. The maximum atomic E-state index is 12.1. The molecule has 2 heterocycles. The third kappa shape index (κ3) is 4.43. The molecule has 7 heteroatoms. The predicted molar refractivity (Wildman–Crippen MR) is 86.8 cm³/mol. The summed E-state index contributed by atoms with van der Waals surface area (Å²) >= 11 is 1.47. The Morgan fingerprint density at radius 1 is 1.23 bits per heavy atom. The monoisotopic (exact) mass is 325 g/mol. The summed E-state index contributed by atoms with van der Waals surface area (Å²) in [6.45, 7) is 9.93. The van der Waals surface area contributed by atoms with Gasteiger partial charge in [-0.15, -0.1) is 11.3 Å². The van der Waals surface area contributed by atoms with Gasteiger partial charge in [-0.2, -0.15) is 0 Å². The normalized spacial score (nSPS) is 16.4. The number of nitrogens with zero attached hydrogens (tertiary/aromatic N) is 3. The lowest BCUT2D eigenvalue weighted by Crippen LogP contribution is -2.39. The lowest BCUT2D eigenvalue weighted by atomic mass is 10.2. The molecule has 1 fully saturated rings. The molecule has 0 N–H and O–H groups in total. The van der Waals surface area contributed by atoms with Crippen LogP contribution in [0.4, 0.5) is 9.93 Å². The van der Waals surface area contributed by atoms with E-state index in [1.54, 1.807) is 10.3 Å². The van der Waals surface area contributed by atoms with Crippen LogP contribution in [-0.4, -0.2) is 53.5 Å². The van der Waals surface area contributed by atoms with Gasteiger partial charge in [-0.3, -0.25) is 4.79 Å². The van der Waals surface area contributed by atoms with Crippen LogP contribution < -0.4 is 4.90 Å². The van der Waals surface area contributed by atoms with Crippen molar-refractivity contribution in [2.75, 3.05) is 31.1 Å². The van der Waals surface area contributed by atoms with Crippen LogP contribution in [0.3, 0.4) is 0 Å². The van der Waals surface area contributed by atoms with Crippen LogP contribution in [0, 0.1) is 0 Å². The second-order valence-electron chi connectivity index (χ2n) is 6.38. The third-order valence-electron chi connectivity index (χ3n) is 3.27. The first-order valence-electron chi connectivity index (χ1n) is 7.45. The van der Waals surface area contributed by atoms with E-state index < -0.39 is 5.60 Å². The molecule has 0 atom stereocenters. The Hall–Kier alpha value is -1.63. The lowest BCUT2D eigenvalue weighted by molar-refractivity contribution is 0.0263. The van der Waals surface area contributed by atoms with Crippen LogP contribution in [-0.2, 0) is 4.74 Å². The van der Waals surface area contributed by atoms with Crippen LogP contribution in [0.2, 0.25) is 0 Å². The third-order valence-corrected chi connectivity index (χ3v) is 4.17. The molecule has 122 valence electrons. The Morgan fingerprint density at radius 3 is 2.55 bits per heavy atom. The van der Waals surface area contributed by atoms with Crippen molar-refractivity contribution in [2.45, 2.75) is 39.7 Å². The largest absolute Gasteiger partial charge is 0.444 e. The fraction of sp³-hybridized carbons (Fsp3) is 0.667. The summed E-state index contributed by atoms with van der Waals surface area (Å²) in [4.78, 5) is 31.7. The molecule has 0 saturated carbocycles. The van der Waals surface area contributed by atoms with Crippen molar-refractivity contribution in [2.24, 2.45) is 0 Å². The second-order valence-corrected chi connectivity index (χ2v) is 7.22. The first-order valence-corrected chi connectivity index (χ1v) is 8.33. The molecule has 0 aliphatic carbocycles. The van der Waals surface area contributed by atoms with Gasteiger partial charge in [-0.1, -0.05) is 0 Å². The van der Waals surface area contributed by atoms with Crippen molar-refractivity contribution in [3.8, 4) is 0 Å². The topological polar surface area (TPSA) is 62.7 Å².